The Kier molecular flexibility index (Phi) is 4.16. The minimum Gasteiger partial charge on any atom is -0.396 e. The Morgan fingerprint density at radius 3 is 2.62 bits per heavy atom. The summed E-state index contributed by atoms with van der Waals surface area (Å²) in [5.41, 5.74) is 5.96. The van der Waals surface area contributed by atoms with Gasteiger partial charge in [-0.3, -0.25) is 0 Å². The first-order chi connectivity index (χ1) is 6.22. The van der Waals surface area contributed by atoms with Crippen molar-refractivity contribution >= 4 is 0 Å². The Hall–Kier alpha value is -0.120. The van der Waals surface area contributed by atoms with Gasteiger partial charge in [0.1, 0.15) is 0 Å². The van der Waals surface area contributed by atoms with Crippen molar-refractivity contribution in [2.75, 3.05) is 19.7 Å². The molecule has 78 valence electrons. The van der Waals surface area contributed by atoms with Crippen molar-refractivity contribution in [1.82, 2.24) is 5.32 Å². The van der Waals surface area contributed by atoms with Crippen molar-refractivity contribution in [2.24, 2.45) is 11.7 Å². The van der Waals surface area contributed by atoms with Crippen molar-refractivity contribution in [3.63, 3.8) is 0 Å². The quantitative estimate of drug-likeness (QED) is 0.529. The average molecular weight is 186 g/mol. The molecule has 0 heterocycles. The molecule has 0 aromatic rings. The van der Waals surface area contributed by atoms with Gasteiger partial charge in [0.15, 0.2) is 0 Å². The molecular formula is C10H22N2O. The lowest BCUT2D eigenvalue weighted by molar-refractivity contribution is 0.123. The van der Waals surface area contributed by atoms with Gasteiger partial charge in [0.05, 0.1) is 0 Å². The van der Waals surface area contributed by atoms with Crippen LogP contribution in [0.3, 0.4) is 0 Å². The third-order valence-corrected chi connectivity index (χ3v) is 2.95. The second kappa shape index (κ2) is 4.94. The number of nitrogens with one attached hydrogen (secondary N) is 1. The molecule has 0 atom stereocenters. The first kappa shape index (κ1) is 11.0. The van der Waals surface area contributed by atoms with Gasteiger partial charge in [0.25, 0.3) is 0 Å². The molecule has 0 aliphatic heterocycles. The molecule has 4 N–H and O–H groups in total. The summed E-state index contributed by atoms with van der Waals surface area (Å²) < 4.78 is 0. The van der Waals surface area contributed by atoms with Crippen molar-refractivity contribution in [3.8, 4) is 0 Å². The van der Waals surface area contributed by atoms with Gasteiger partial charge < -0.3 is 16.2 Å². The van der Waals surface area contributed by atoms with Crippen LogP contribution < -0.4 is 11.1 Å². The number of rotatable bonds is 6. The number of unbranched alkanes of at least 4 members (excludes halogenated alkanes) is 1. The number of hydrogen-bond donors (Lipinski definition) is 3. The third-order valence-electron chi connectivity index (χ3n) is 2.95. The molecule has 0 unspecified atom stereocenters. The summed E-state index contributed by atoms with van der Waals surface area (Å²) in [5.74, 6) is 0.828. The Morgan fingerprint density at radius 1 is 1.46 bits per heavy atom. The zero-order valence-electron chi connectivity index (χ0n) is 8.55. The lowest BCUT2D eigenvalue weighted by Gasteiger charge is -2.46. The first-order valence-electron chi connectivity index (χ1n) is 5.28. The number of hydrogen-bond acceptors (Lipinski definition) is 3. The molecular weight excluding hydrogens is 164 g/mol. The maximum atomic E-state index is 8.61. The van der Waals surface area contributed by atoms with Crippen LogP contribution in [0.1, 0.15) is 32.6 Å². The molecule has 0 aromatic heterocycles. The van der Waals surface area contributed by atoms with Gasteiger partial charge in [-0.05, 0) is 38.1 Å². The summed E-state index contributed by atoms with van der Waals surface area (Å²) in [4.78, 5) is 0. The van der Waals surface area contributed by atoms with E-state index < -0.39 is 0 Å². The van der Waals surface area contributed by atoms with Gasteiger partial charge in [-0.15, -0.1) is 0 Å². The maximum Gasteiger partial charge on any atom is 0.0431 e. The Morgan fingerprint density at radius 2 is 2.15 bits per heavy atom. The predicted molar refractivity (Wildman–Crippen MR) is 54.5 cm³/mol. The van der Waals surface area contributed by atoms with Crippen molar-refractivity contribution in [3.05, 3.63) is 0 Å². The van der Waals surface area contributed by atoms with Crippen LogP contribution in [-0.2, 0) is 0 Å². The minimum absolute atomic E-state index is 0.231. The molecule has 0 amide bonds. The summed E-state index contributed by atoms with van der Waals surface area (Å²) in [7, 11) is 0. The van der Waals surface area contributed by atoms with E-state index in [1.165, 1.54) is 12.8 Å². The first-order valence-corrected chi connectivity index (χ1v) is 5.28. The molecule has 1 fully saturated rings. The SMILES string of the molecule is CC1CC(CN)(NCCCCO)C1. The van der Waals surface area contributed by atoms with Crippen LogP contribution in [-0.4, -0.2) is 30.3 Å². The van der Waals surface area contributed by atoms with Crippen LogP contribution in [0.4, 0.5) is 0 Å². The molecule has 0 bridgehead atoms. The highest BCUT2D eigenvalue weighted by molar-refractivity contribution is 5.00. The van der Waals surface area contributed by atoms with Crippen LogP contribution in [0.15, 0.2) is 0 Å². The van der Waals surface area contributed by atoms with E-state index in [0.717, 1.165) is 31.8 Å². The fourth-order valence-electron chi connectivity index (χ4n) is 2.25. The highest BCUT2D eigenvalue weighted by Gasteiger charge is 2.39. The van der Waals surface area contributed by atoms with Crippen LogP contribution in [0.2, 0.25) is 0 Å². The lowest BCUT2D eigenvalue weighted by Crippen LogP contribution is -2.59. The molecule has 1 aliphatic rings. The third kappa shape index (κ3) is 2.93. The van der Waals surface area contributed by atoms with E-state index in [1.807, 2.05) is 0 Å². The molecule has 0 spiro atoms. The minimum atomic E-state index is 0.231. The summed E-state index contributed by atoms with van der Waals surface area (Å²) >= 11 is 0. The van der Waals surface area contributed by atoms with Gasteiger partial charge in [-0.2, -0.15) is 0 Å². The zero-order chi connectivity index (χ0) is 9.73. The normalized spacial score (nSPS) is 33.0. The fraction of sp³-hybridized carbons (Fsp3) is 1.00. The molecule has 1 saturated carbocycles. The molecule has 0 radical (unpaired) electrons. The van der Waals surface area contributed by atoms with Crippen LogP contribution in [0.25, 0.3) is 0 Å². The van der Waals surface area contributed by atoms with Gasteiger partial charge in [0, 0.05) is 18.7 Å². The summed E-state index contributed by atoms with van der Waals surface area (Å²) in [6, 6.07) is 0. The topological polar surface area (TPSA) is 58.3 Å². The van der Waals surface area contributed by atoms with Gasteiger partial charge in [-0.1, -0.05) is 6.92 Å². The Balaban J connectivity index is 2.11. The van der Waals surface area contributed by atoms with E-state index in [9.17, 15) is 0 Å². The second-order valence-electron chi connectivity index (χ2n) is 4.36. The number of aliphatic hydroxyl groups excluding tert-OH is 1. The molecule has 0 saturated heterocycles. The van der Waals surface area contributed by atoms with Crippen LogP contribution in [0, 0.1) is 5.92 Å². The molecule has 1 aliphatic carbocycles. The molecule has 1 rings (SSSR count). The summed E-state index contributed by atoms with van der Waals surface area (Å²) in [5, 5.41) is 12.1. The van der Waals surface area contributed by atoms with E-state index in [1.54, 1.807) is 0 Å². The van der Waals surface area contributed by atoms with Gasteiger partial charge in [0.2, 0.25) is 0 Å². The van der Waals surface area contributed by atoms with Crippen LogP contribution in [0.5, 0.6) is 0 Å². The monoisotopic (exact) mass is 186 g/mol. The second-order valence-corrected chi connectivity index (χ2v) is 4.36. The summed E-state index contributed by atoms with van der Waals surface area (Å²) in [6.07, 6.45) is 4.36. The smallest absolute Gasteiger partial charge is 0.0431 e. The highest BCUT2D eigenvalue weighted by Crippen LogP contribution is 2.36. The summed E-state index contributed by atoms with van der Waals surface area (Å²) in [6.45, 7) is 4.30. The van der Waals surface area contributed by atoms with Crippen molar-refractivity contribution < 1.29 is 5.11 Å². The number of nitrogens with two attached hydrogens (primary N) is 1. The lowest BCUT2D eigenvalue weighted by atomic mass is 9.69. The van der Waals surface area contributed by atoms with Crippen molar-refractivity contribution in [2.45, 2.75) is 38.1 Å². The molecule has 0 aromatic carbocycles. The molecule has 13 heavy (non-hydrogen) atoms. The predicted octanol–water partition coefficient (Wildman–Crippen LogP) is 0.476. The fourth-order valence-corrected chi connectivity index (χ4v) is 2.25. The standard InChI is InChI=1S/C10H22N2O/c1-9-6-10(7-9,8-11)12-4-2-3-5-13/h9,12-13H,2-8,11H2,1H3. The van der Waals surface area contributed by atoms with E-state index in [0.29, 0.717) is 6.61 Å². The van der Waals surface area contributed by atoms with Crippen LogP contribution >= 0.6 is 0 Å². The molecule has 3 heteroatoms. The Labute approximate surface area is 80.7 Å². The van der Waals surface area contributed by atoms with E-state index in [2.05, 4.69) is 12.2 Å². The van der Waals surface area contributed by atoms with E-state index >= 15 is 0 Å². The number of aliphatic hydroxyl groups is 1. The average Bonchev–Trinajstić information content (AvgIpc) is 2.08. The van der Waals surface area contributed by atoms with Gasteiger partial charge >= 0.3 is 0 Å². The Bertz CT molecular complexity index is 144. The van der Waals surface area contributed by atoms with E-state index in [-0.39, 0.29) is 5.54 Å². The maximum absolute atomic E-state index is 8.61. The van der Waals surface area contributed by atoms with E-state index in [4.69, 9.17) is 10.8 Å². The van der Waals surface area contributed by atoms with Gasteiger partial charge in [-0.25, -0.2) is 0 Å². The molecule has 3 nitrogen and oxygen atoms in total. The zero-order valence-corrected chi connectivity index (χ0v) is 8.55. The largest absolute Gasteiger partial charge is 0.396 e. The highest BCUT2D eigenvalue weighted by atomic mass is 16.2. The van der Waals surface area contributed by atoms with Crippen molar-refractivity contribution in [1.29, 1.82) is 0 Å².